The zero-order valence-electron chi connectivity index (χ0n) is 16.4. The molecule has 1 N–H and O–H groups in total. The standard InChI is InChI=1S/C19H21N3O.C2H4O2.Ca.2H/c1-13-5-8-15(9-6-13)19-16(11-18(23)21(3)4)22-12-14(2)7-10-17(22)20-19;1-2(3)4;;;/h5-10,12H,11H2,1-4H3;1H3,(H,3,4);;;. The van der Waals surface area contributed by atoms with E-state index in [9.17, 15) is 4.79 Å². The summed E-state index contributed by atoms with van der Waals surface area (Å²) in [5, 5.41) is 7.42. The van der Waals surface area contributed by atoms with Crippen molar-refractivity contribution < 1.29 is 14.7 Å². The molecule has 0 aliphatic rings. The van der Waals surface area contributed by atoms with Gasteiger partial charge in [-0.3, -0.25) is 9.59 Å². The number of amides is 1. The summed E-state index contributed by atoms with van der Waals surface area (Å²) in [6.45, 7) is 5.19. The minimum atomic E-state index is -0.833. The van der Waals surface area contributed by atoms with Crippen molar-refractivity contribution in [1.29, 1.82) is 0 Å². The van der Waals surface area contributed by atoms with E-state index in [1.807, 2.05) is 29.7 Å². The molecule has 0 unspecified atom stereocenters. The van der Waals surface area contributed by atoms with Crippen molar-refractivity contribution in [1.82, 2.24) is 14.3 Å². The van der Waals surface area contributed by atoms with E-state index < -0.39 is 5.97 Å². The number of benzene rings is 1. The molecule has 2 heterocycles. The number of aryl methyl sites for hydroxylation is 2. The van der Waals surface area contributed by atoms with E-state index in [0.717, 1.165) is 35.1 Å². The molecule has 7 heteroatoms. The molecule has 6 nitrogen and oxygen atoms in total. The molecular formula is C21H27CaN3O3. The Morgan fingerprint density at radius 1 is 1.04 bits per heavy atom. The van der Waals surface area contributed by atoms with Gasteiger partial charge >= 0.3 is 37.7 Å². The molecule has 1 amide bonds. The van der Waals surface area contributed by atoms with Gasteiger partial charge < -0.3 is 14.4 Å². The molecule has 0 spiro atoms. The number of hydrogen-bond donors (Lipinski definition) is 1. The molecule has 0 saturated heterocycles. The van der Waals surface area contributed by atoms with Gasteiger partial charge in [0.15, 0.2) is 0 Å². The van der Waals surface area contributed by atoms with Crippen molar-refractivity contribution in [2.75, 3.05) is 14.1 Å². The quantitative estimate of drug-likeness (QED) is 0.674. The van der Waals surface area contributed by atoms with Crippen LogP contribution in [0.15, 0.2) is 42.6 Å². The van der Waals surface area contributed by atoms with Gasteiger partial charge in [-0.2, -0.15) is 0 Å². The summed E-state index contributed by atoms with van der Waals surface area (Å²) >= 11 is 0. The van der Waals surface area contributed by atoms with Crippen molar-refractivity contribution >= 4 is 55.3 Å². The predicted molar refractivity (Wildman–Crippen MR) is 114 cm³/mol. The predicted octanol–water partition coefficient (Wildman–Crippen LogP) is 2.42. The fourth-order valence-electron chi connectivity index (χ4n) is 2.61. The van der Waals surface area contributed by atoms with Crippen molar-refractivity contribution in [3.63, 3.8) is 0 Å². The molecular weight excluding hydrogens is 382 g/mol. The zero-order valence-corrected chi connectivity index (χ0v) is 16.4. The van der Waals surface area contributed by atoms with Crippen LogP contribution in [0.25, 0.3) is 16.9 Å². The normalized spacial score (nSPS) is 9.89. The van der Waals surface area contributed by atoms with Crippen LogP contribution < -0.4 is 0 Å². The van der Waals surface area contributed by atoms with Crippen LogP contribution in [-0.2, 0) is 16.0 Å². The number of carboxylic acids is 1. The molecule has 3 rings (SSSR count). The van der Waals surface area contributed by atoms with E-state index in [0.29, 0.717) is 6.42 Å². The van der Waals surface area contributed by atoms with Crippen molar-refractivity contribution in [2.45, 2.75) is 27.2 Å². The zero-order chi connectivity index (χ0) is 20.1. The van der Waals surface area contributed by atoms with Gasteiger partial charge in [-0.15, -0.1) is 0 Å². The summed E-state index contributed by atoms with van der Waals surface area (Å²) in [4.78, 5) is 27.6. The van der Waals surface area contributed by atoms with Crippen LogP contribution in [0.4, 0.5) is 0 Å². The van der Waals surface area contributed by atoms with E-state index in [2.05, 4.69) is 31.2 Å². The van der Waals surface area contributed by atoms with Gasteiger partial charge in [0.2, 0.25) is 5.91 Å². The monoisotopic (exact) mass is 409 g/mol. The Morgan fingerprint density at radius 3 is 2.11 bits per heavy atom. The first kappa shape index (κ1) is 24.1. The molecule has 0 bridgehead atoms. The number of pyridine rings is 1. The van der Waals surface area contributed by atoms with Crippen LogP contribution in [0, 0.1) is 13.8 Å². The third-order valence-electron chi connectivity index (χ3n) is 4.01. The number of carbonyl (C=O) groups excluding carboxylic acids is 1. The van der Waals surface area contributed by atoms with Gasteiger partial charge in [-0.25, -0.2) is 4.98 Å². The number of rotatable bonds is 3. The van der Waals surface area contributed by atoms with Gasteiger partial charge in [0, 0.05) is 32.8 Å². The van der Waals surface area contributed by atoms with E-state index in [1.54, 1.807) is 19.0 Å². The Hall–Kier alpha value is -1.89. The van der Waals surface area contributed by atoms with E-state index >= 15 is 0 Å². The summed E-state index contributed by atoms with van der Waals surface area (Å²) < 4.78 is 2.03. The number of nitrogens with zero attached hydrogens (tertiary/aromatic N) is 3. The Balaban J connectivity index is 0.000000717. The number of aromatic nitrogens is 2. The van der Waals surface area contributed by atoms with Gasteiger partial charge in [-0.1, -0.05) is 35.9 Å². The number of hydrogen-bond acceptors (Lipinski definition) is 3. The summed E-state index contributed by atoms with van der Waals surface area (Å²) in [5.74, 6) is -0.762. The molecule has 3 aromatic rings. The molecule has 2 aromatic heterocycles. The topological polar surface area (TPSA) is 74.9 Å². The first-order valence-electron chi connectivity index (χ1n) is 8.63. The van der Waals surface area contributed by atoms with Crippen LogP contribution in [0.2, 0.25) is 0 Å². The third-order valence-corrected chi connectivity index (χ3v) is 4.01. The first-order chi connectivity index (χ1) is 12.7. The van der Waals surface area contributed by atoms with Crippen molar-refractivity contribution in [3.8, 4) is 11.3 Å². The Bertz CT molecular complexity index is 959. The summed E-state index contributed by atoms with van der Waals surface area (Å²) in [6, 6.07) is 12.3. The molecule has 0 saturated carbocycles. The molecule has 28 heavy (non-hydrogen) atoms. The minimum absolute atomic E-state index is 0. The molecule has 0 aliphatic carbocycles. The molecule has 0 radical (unpaired) electrons. The molecule has 0 aliphatic heterocycles. The second-order valence-electron chi connectivity index (χ2n) is 6.69. The molecule has 1 aromatic carbocycles. The maximum atomic E-state index is 12.3. The van der Waals surface area contributed by atoms with Gasteiger partial charge in [0.25, 0.3) is 5.97 Å². The third kappa shape index (κ3) is 6.33. The van der Waals surface area contributed by atoms with Crippen molar-refractivity contribution in [3.05, 3.63) is 59.4 Å². The summed E-state index contributed by atoms with van der Waals surface area (Å²) in [5.41, 5.74) is 6.08. The van der Waals surface area contributed by atoms with Crippen LogP contribution >= 0.6 is 0 Å². The van der Waals surface area contributed by atoms with Gasteiger partial charge in [0.05, 0.1) is 17.8 Å². The number of imidazole rings is 1. The van der Waals surface area contributed by atoms with Crippen LogP contribution in [0.1, 0.15) is 23.7 Å². The Morgan fingerprint density at radius 2 is 1.57 bits per heavy atom. The van der Waals surface area contributed by atoms with Gasteiger partial charge in [0.1, 0.15) is 5.65 Å². The average Bonchev–Trinajstić information content (AvgIpc) is 2.93. The average molecular weight is 410 g/mol. The SMILES string of the molecule is CC(=O)O.Cc1ccc(-c2nc3ccc(C)cn3c2CC(=O)N(C)C)cc1.[CaH2]. The molecule has 0 atom stereocenters. The molecule has 0 fully saturated rings. The Kier molecular flexibility index (Phi) is 9.14. The second kappa shape index (κ2) is 10.6. The number of carbonyl (C=O) groups is 2. The fraction of sp³-hybridized carbons (Fsp3) is 0.286. The second-order valence-corrected chi connectivity index (χ2v) is 6.69. The van der Waals surface area contributed by atoms with Crippen molar-refractivity contribution in [2.24, 2.45) is 0 Å². The van der Waals surface area contributed by atoms with E-state index in [4.69, 9.17) is 14.9 Å². The van der Waals surface area contributed by atoms with Crippen LogP contribution in [0.3, 0.4) is 0 Å². The van der Waals surface area contributed by atoms with E-state index in [-0.39, 0.29) is 43.6 Å². The maximum absolute atomic E-state index is 12.3. The Labute approximate surface area is 195 Å². The molecule has 146 valence electrons. The van der Waals surface area contributed by atoms with Crippen LogP contribution in [-0.4, -0.2) is 83.1 Å². The first-order valence-corrected chi connectivity index (χ1v) is 8.63. The van der Waals surface area contributed by atoms with Gasteiger partial charge in [-0.05, 0) is 25.5 Å². The summed E-state index contributed by atoms with van der Waals surface area (Å²) in [7, 11) is 3.56. The number of fused-ring (bicyclic) bond motifs is 1. The number of likely N-dealkylation sites (N-methyl/N-ethyl adjacent to an activating group) is 1. The van der Waals surface area contributed by atoms with Crippen LogP contribution in [0.5, 0.6) is 0 Å². The number of aliphatic carboxylic acids is 1. The number of carboxylic acid groups (broad SMARTS) is 1. The van der Waals surface area contributed by atoms with E-state index in [1.165, 1.54) is 5.56 Å². The fourth-order valence-corrected chi connectivity index (χ4v) is 2.61. The summed E-state index contributed by atoms with van der Waals surface area (Å²) in [6.07, 6.45) is 2.37.